The summed E-state index contributed by atoms with van der Waals surface area (Å²) in [6.07, 6.45) is 1.31. The van der Waals surface area contributed by atoms with Crippen molar-refractivity contribution in [3.05, 3.63) is 59.7 Å². The van der Waals surface area contributed by atoms with E-state index in [-0.39, 0.29) is 16.5 Å². The number of carbonyl (C=O) groups is 2. The first-order valence-electron chi connectivity index (χ1n) is 9.18. The van der Waals surface area contributed by atoms with E-state index in [1.807, 2.05) is 19.9 Å². The van der Waals surface area contributed by atoms with Gasteiger partial charge in [-0.1, -0.05) is 49.7 Å². The van der Waals surface area contributed by atoms with Crippen molar-refractivity contribution in [2.75, 3.05) is 5.32 Å². The lowest BCUT2D eigenvalue weighted by molar-refractivity contribution is -0.125. The molecule has 0 bridgehead atoms. The number of nitrogens with zero attached hydrogens (tertiary/aromatic N) is 1. The molecule has 0 saturated heterocycles. The van der Waals surface area contributed by atoms with Gasteiger partial charge in [0.2, 0.25) is 0 Å². The fourth-order valence-electron chi connectivity index (χ4n) is 4.17. The Morgan fingerprint density at radius 1 is 1.07 bits per heavy atom. The van der Waals surface area contributed by atoms with E-state index in [4.69, 9.17) is 0 Å². The van der Waals surface area contributed by atoms with Gasteiger partial charge < -0.3 is 5.32 Å². The van der Waals surface area contributed by atoms with E-state index < -0.39 is 27.1 Å². The number of nitrogens with one attached hydrogen (secondary N) is 1. The van der Waals surface area contributed by atoms with Gasteiger partial charge in [-0.05, 0) is 31.0 Å². The zero-order chi connectivity index (χ0) is 20.1. The molecule has 0 radical (unpaired) electrons. The van der Waals surface area contributed by atoms with Gasteiger partial charge in [0, 0.05) is 5.56 Å². The van der Waals surface area contributed by atoms with E-state index in [0.29, 0.717) is 23.2 Å². The van der Waals surface area contributed by atoms with Crippen LogP contribution in [0.1, 0.15) is 42.6 Å². The molecule has 1 aliphatic heterocycles. The maximum Gasteiger partial charge on any atom is 0.286 e. The average molecular weight is 396 g/mol. The Kier molecular flexibility index (Phi) is 4.23. The highest BCUT2D eigenvalue weighted by Crippen LogP contribution is 2.42. The fraction of sp³-hybridized carbons (Fsp3) is 0.286. The van der Waals surface area contributed by atoms with Gasteiger partial charge >= 0.3 is 0 Å². The van der Waals surface area contributed by atoms with Crippen LogP contribution in [0.3, 0.4) is 0 Å². The number of para-hydroxylation sites is 1. The van der Waals surface area contributed by atoms with E-state index in [1.165, 1.54) is 6.07 Å². The number of sulfonamides is 1. The third kappa shape index (κ3) is 2.61. The number of ketones is 2. The predicted molar refractivity (Wildman–Crippen MR) is 106 cm³/mol. The molecule has 1 aliphatic carbocycles. The average Bonchev–Trinajstić information content (AvgIpc) is 2.67. The number of amidine groups is 1. The van der Waals surface area contributed by atoms with Crippen molar-refractivity contribution in [3.8, 4) is 0 Å². The molecule has 0 fully saturated rings. The minimum atomic E-state index is -3.99. The van der Waals surface area contributed by atoms with Crippen molar-refractivity contribution >= 4 is 33.1 Å². The van der Waals surface area contributed by atoms with E-state index in [9.17, 15) is 18.0 Å². The first-order valence-corrected chi connectivity index (χ1v) is 10.6. The largest absolute Gasteiger partial charge is 0.341 e. The molecule has 0 saturated carbocycles. The first kappa shape index (κ1) is 18.6. The number of benzene rings is 2. The summed E-state index contributed by atoms with van der Waals surface area (Å²) in [5, 5.41) is 2.92. The molecule has 0 spiro atoms. The molecule has 2 aliphatic rings. The van der Waals surface area contributed by atoms with Crippen molar-refractivity contribution in [1.82, 2.24) is 0 Å². The molecule has 1 heterocycles. The molecule has 2 atom stereocenters. The van der Waals surface area contributed by atoms with Crippen molar-refractivity contribution in [2.45, 2.75) is 37.0 Å². The lowest BCUT2D eigenvalue weighted by Crippen LogP contribution is -2.51. The minimum Gasteiger partial charge on any atom is -0.341 e. The van der Waals surface area contributed by atoms with Gasteiger partial charge in [-0.15, -0.1) is 4.40 Å². The normalized spacial score (nSPS) is 25.4. The Hall–Kier alpha value is -2.80. The minimum absolute atomic E-state index is 0.0335. The van der Waals surface area contributed by atoms with Gasteiger partial charge in [-0.2, -0.15) is 8.42 Å². The topological polar surface area (TPSA) is 92.7 Å². The number of fused-ring (bicyclic) bond motifs is 2. The lowest BCUT2D eigenvalue weighted by Gasteiger charge is -2.38. The van der Waals surface area contributed by atoms with E-state index >= 15 is 0 Å². The Morgan fingerprint density at radius 2 is 1.75 bits per heavy atom. The Morgan fingerprint density at radius 3 is 2.50 bits per heavy atom. The molecule has 2 aromatic carbocycles. The third-order valence-corrected chi connectivity index (χ3v) is 6.87. The zero-order valence-corrected chi connectivity index (χ0v) is 16.4. The molecule has 1 N–H and O–H groups in total. The Labute approximate surface area is 163 Å². The zero-order valence-electron chi connectivity index (χ0n) is 15.6. The summed E-state index contributed by atoms with van der Waals surface area (Å²) in [5.74, 6) is -2.13. The van der Waals surface area contributed by atoms with Crippen LogP contribution in [0.5, 0.6) is 0 Å². The van der Waals surface area contributed by atoms with Gasteiger partial charge in [0.25, 0.3) is 10.0 Å². The van der Waals surface area contributed by atoms with Crippen LogP contribution in [0.4, 0.5) is 5.69 Å². The van der Waals surface area contributed by atoms with Gasteiger partial charge in [-0.25, -0.2) is 0 Å². The monoisotopic (exact) mass is 396 g/mol. The number of rotatable bonds is 3. The second kappa shape index (κ2) is 6.38. The van der Waals surface area contributed by atoms with Gasteiger partial charge in [-0.3, -0.25) is 9.59 Å². The summed E-state index contributed by atoms with van der Waals surface area (Å²) in [7, 11) is -3.99. The Balaban J connectivity index is 1.89. The van der Waals surface area contributed by atoms with Crippen molar-refractivity contribution in [2.24, 2.45) is 10.3 Å². The van der Waals surface area contributed by atoms with Crippen LogP contribution >= 0.6 is 0 Å². The molecule has 2 aromatic rings. The van der Waals surface area contributed by atoms with Crippen LogP contribution in [0.15, 0.2) is 57.8 Å². The van der Waals surface area contributed by atoms with Crippen molar-refractivity contribution in [1.29, 1.82) is 0 Å². The summed E-state index contributed by atoms with van der Waals surface area (Å²) in [6, 6.07) is 13.4. The summed E-state index contributed by atoms with van der Waals surface area (Å²) in [5.41, 5.74) is 0.588. The second-order valence-electron chi connectivity index (χ2n) is 7.36. The molecule has 144 valence electrons. The standard InChI is InChI=1S/C21H20N2O4S/c1-3-12-21(2)14-9-5-4-8-13(14)18(24)17(19(21)25)20-22-15-10-6-7-11-16(15)28(26,27)23-20/h4-11,17H,3,12H2,1-2H3,(H,22,23). The highest BCUT2D eigenvalue weighted by Gasteiger charge is 2.51. The third-order valence-electron chi connectivity index (χ3n) is 5.52. The maximum atomic E-state index is 13.5. The lowest BCUT2D eigenvalue weighted by atomic mass is 9.63. The summed E-state index contributed by atoms with van der Waals surface area (Å²) < 4.78 is 29.1. The Bertz CT molecular complexity index is 1140. The number of carbonyl (C=O) groups excluding carboxylic acids is 2. The smallest absolute Gasteiger partial charge is 0.286 e. The van der Waals surface area contributed by atoms with Crippen LogP contribution in [-0.4, -0.2) is 25.8 Å². The van der Waals surface area contributed by atoms with Crippen molar-refractivity contribution in [3.63, 3.8) is 0 Å². The van der Waals surface area contributed by atoms with Crippen LogP contribution in [0.2, 0.25) is 0 Å². The molecular formula is C21H20N2O4S. The maximum absolute atomic E-state index is 13.5. The summed E-state index contributed by atoms with van der Waals surface area (Å²) in [4.78, 5) is 26.7. The SMILES string of the molecule is CCCC1(C)C(=O)C(C2=NS(=O)(=O)c3ccccc3N2)C(=O)c2ccccc21. The molecule has 6 nitrogen and oxygen atoms in total. The number of hydrogen-bond donors (Lipinski definition) is 1. The van der Waals surface area contributed by atoms with Crippen LogP contribution < -0.4 is 5.32 Å². The van der Waals surface area contributed by atoms with Crippen molar-refractivity contribution < 1.29 is 18.0 Å². The van der Waals surface area contributed by atoms with Gasteiger partial charge in [0.1, 0.15) is 16.6 Å². The van der Waals surface area contributed by atoms with E-state index in [2.05, 4.69) is 9.71 Å². The molecule has 4 rings (SSSR count). The number of Topliss-reactive ketones (excluding diaryl/α,β-unsaturated/α-hetero) is 2. The summed E-state index contributed by atoms with van der Waals surface area (Å²) >= 11 is 0. The highest BCUT2D eigenvalue weighted by atomic mass is 32.2. The number of anilines is 1. The van der Waals surface area contributed by atoms with Crippen LogP contribution in [0, 0.1) is 5.92 Å². The first-order chi connectivity index (χ1) is 13.3. The molecule has 0 aromatic heterocycles. The second-order valence-corrected chi connectivity index (χ2v) is 8.93. The molecule has 28 heavy (non-hydrogen) atoms. The molecule has 7 heteroatoms. The van der Waals surface area contributed by atoms with Crippen LogP contribution in [-0.2, 0) is 20.2 Å². The molecule has 2 unspecified atom stereocenters. The predicted octanol–water partition coefficient (Wildman–Crippen LogP) is 3.34. The van der Waals surface area contributed by atoms with Gasteiger partial charge in [0.15, 0.2) is 11.6 Å². The quantitative estimate of drug-likeness (QED) is 0.803. The van der Waals surface area contributed by atoms with E-state index in [1.54, 1.807) is 36.4 Å². The number of hydrogen-bond acceptors (Lipinski definition) is 5. The van der Waals surface area contributed by atoms with E-state index in [0.717, 1.165) is 6.42 Å². The summed E-state index contributed by atoms with van der Waals surface area (Å²) in [6.45, 7) is 3.80. The highest BCUT2D eigenvalue weighted by molar-refractivity contribution is 7.90. The van der Waals surface area contributed by atoms with Gasteiger partial charge in [0.05, 0.1) is 11.1 Å². The molecular weight excluding hydrogens is 376 g/mol. The molecule has 0 amide bonds. The fourth-order valence-corrected chi connectivity index (χ4v) is 5.33. The van der Waals surface area contributed by atoms with Crippen LogP contribution in [0.25, 0.3) is 0 Å².